The van der Waals surface area contributed by atoms with Gasteiger partial charge in [0.2, 0.25) is 11.8 Å². The predicted octanol–water partition coefficient (Wildman–Crippen LogP) is 4.57. The SMILES string of the molecule is COc1ccc([C@H]2C3=CC[C@@H]4C(=O)N(c5ccc(C(C)=O)cc5)C(=O)[C@@H]4[C@@H]3CC3=C2C(=O)C=C(Br)C3=O)cc1O. The van der Waals surface area contributed by atoms with E-state index in [-0.39, 0.29) is 51.6 Å². The second kappa shape index (κ2) is 9.52. The molecule has 3 aliphatic carbocycles. The van der Waals surface area contributed by atoms with Crippen LogP contribution in [0.4, 0.5) is 5.69 Å². The van der Waals surface area contributed by atoms with Gasteiger partial charge in [-0.3, -0.25) is 28.9 Å². The number of hydrogen-bond donors (Lipinski definition) is 1. The summed E-state index contributed by atoms with van der Waals surface area (Å²) in [6.07, 6.45) is 3.62. The summed E-state index contributed by atoms with van der Waals surface area (Å²) in [6, 6.07) is 11.2. The molecule has 1 heterocycles. The Morgan fingerprint density at radius 1 is 1.02 bits per heavy atom. The normalized spacial score (nSPS) is 25.7. The highest BCUT2D eigenvalue weighted by Crippen LogP contribution is 2.56. The second-order valence-electron chi connectivity index (χ2n) is 10.4. The first kappa shape index (κ1) is 26.1. The van der Waals surface area contributed by atoms with Crippen LogP contribution in [-0.4, -0.2) is 41.4 Å². The highest BCUT2D eigenvalue weighted by Gasteiger charge is 2.56. The Balaban J connectivity index is 1.45. The fourth-order valence-corrected chi connectivity index (χ4v) is 7.02. The number of fused-ring (bicyclic) bond motifs is 3. The smallest absolute Gasteiger partial charge is 0.238 e. The number of amides is 2. The number of nitrogens with zero attached hydrogens (tertiary/aromatic N) is 1. The van der Waals surface area contributed by atoms with Crippen LogP contribution in [0.15, 0.2) is 75.8 Å². The molecule has 0 bridgehead atoms. The molecule has 0 saturated carbocycles. The zero-order valence-corrected chi connectivity index (χ0v) is 23.2. The molecule has 1 fully saturated rings. The molecule has 6 rings (SSSR count). The van der Waals surface area contributed by atoms with Crippen LogP contribution in [0.25, 0.3) is 0 Å². The number of halogens is 1. The first-order valence-electron chi connectivity index (χ1n) is 12.9. The van der Waals surface area contributed by atoms with Gasteiger partial charge in [-0.2, -0.15) is 0 Å². The number of methoxy groups -OCH3 is 1. The summed E-state index contributed by atoms with van der Waals surface area (Å²) >= 11 is 3.22. The summed E-state index contributed by atoms with van der Waals surface area (Å²) in [5.74, 6) is -3.83. The maximum atomic E-state index is 13.9. The molecule has 4 aliphatic rings. The van der Waals surface area contributed by atoms with Crippen molar-refractivity contribution < 1.29 is 33.8 Å². The molecular formula is C31H24BrNO7. The van der Waals surface area contributed by atoms with Crippen molar-refractivity contribution in [3.8, 4) is 11.5 Å². The molecule has 40 heavy (non-hydrogen) atoms. The summed E-state index contributed by atoms with van der Waals surface area (Å²) in [7, 11) is 1.43. The predicted molar refractivity (Wildman–Crippen MR) is 148 cm³/mol. The number of phenolic OH excluding ortho intramolecular Hbond substituents is 1. The van der Waals surface area contributed by atoms with E-state index >= 15 is 0 Å². The summed E-state index contributed by atoms with van der Waals surface area (Å²) < 4.78 is 5.34. The minimum Gasteiger partial charge on any atom is -0.504 e. The number of benzene rings is 2. The van der Waals surface area contributed by atoms with Crippen molar-refractivity contribution in [2.45, 2.75) is 25.7 Å². The molecule has 0 unspecified atom stereocenters. The third-order valence-electron chi connectivity index (χ3n) is 8.40. The van der Waals surface area contributed by atoms with Gasteiger partial charge in [0.05, 0.1) is 29.1 Å². The summed E-state index contributed by atoms with van der Waals surface area (Å²) in [6.45, 7) is 1.44. The molecule has 0 aromatic heterocycles. The Morgan fingerprint density at radius 2 is 1.75 bits per heavy atom. The Hall–Kier alpha value is -4.11. The van der Waals surface area contributed by atoms with Crippen molar-refractivity contribution >= 4 is 50.8 Å². The van der Waals surface area contributed by atoms with Gasteiger partial charge in [-0.15, -0.1) is 0 Å². The molecule has 1 N–H and O–H groups in total. The number of phenols is 1. The van der Waals surface area contributed by atoms with Crippen LogP contribution in [0.2, 0.25) is 0 Å². The molecule has 1 saturated heterocycles. The molecule has 2 aromatic rings. The van der Waals surface area contributed by atoms with Crippen LogP contribution in [0.3, 0.4) is 0 Å². The van der Waals surface area contributed by atoms with Gasteiger partial charge in [0.1, 0.15) is 0 Å². The Morgan fingerprint density at radius 3 is 2.40 bits per heavy atom. The lowest BCUT2D eigenvalue weighted by Gasteiger charge is -2.42. The third-order valence-corrected chi connectivity index (χ3v) is 8.99. The van der Waals surface area contributed by atoms with Crippen LogP contribution in [0.5, 0.6) is 11.5 Å². The number of carbonyl (C=O) groups excluding carboxylic acids is 5. The van der Waals surface area contributed by atoms with Crippen LogP contribution in [0, 0.1) is 17.8 Å². The molecule has 2 amide bonds. The topological polar surface area (TPSA) is 118 Å². The Bertz CT molecular complexity index is 1630. The van der Waals surface area contributed by atoms with Gasteiger partial charge in [0, 0.05) is 28.7 Å². The largest absolute Gasteiger partial charge is 0.504 e. The zero-order chi connectivity index (χ0) is 28.5. The van der Waals surface area contributed by atoms with Crippen LogP contribution >= 0.6 is 15.9 Å². The lowest BCUT2D eigenvalue weighted by Crippen LogP contribution is -2.39. The van der Waals surface area contributed by atoms with Gasteiger partial charge >= 0.3 is 0 Å². The molecule has 0 radical (unpaired) electrons. The number of carbonyl (C=O) groups is 5. The van der Waals surface area contributed by atoms with Crippen molar-refractivity contribution in [3.63, 3.8) is 0 Å². The fourth-order valence-electron chi connectivity index (χ4n) is 6.57. The van der Waals surface area contributed by atoms with Gasteiger partial charge in [-0.25, -0.2) is 0 Å². The molecule has 4 atom stereocenters. The summed E-state index contributed by atoms with van der Waals surface area (Å²) in [5, 5.41) is 10.6. The first-order chi connectivity index (χ1) is 19.1. The van der Waals surface area contributed by atoms with E-state index in [0.717, 1.165) is 5.57 Å². The Kier molecular flexibility index (Phi) is 6.22. The number of aromatic hydroxyl groups is 1. The minimum atomic E-state index is -0.726. The van der Waals surface area contributed by atoms with E-state index < -0.39 is 23.7 Å². The number of Topliss-reactive ketones (excluding diaryl/α,β-unsaturated/α-hetero) is 2. The highest BCUT2D eigenvalue weighted by atomic mass is 79.9. The van der Waals surface area contributed by atoms with Gasteiger partial charge in [0.25, 0.3) is 0 Å². The van der Waals surface area contributed by atoms with E-state index in [4.69, 9.17) is 4.74 Å². The van der Waals surface area contributed by atoms with E-state index in [9.17, 15) is 29.1 Å². The zero-order valence-electron chi connectivity index (χ0n) is 21.6. The highest BCUT2D eigenvalue weighted by molar-refractivity contribution is 9.12. The third kappa shape index (κ3) is 3.83. The van der Waals surface area contributed by atoms with E-state index in [1.54, 1.807) is 36.4 Å². The standard InChI is InChI=1S/C31H24BrNO7/c1-14(34)15-3-6-17(7-4-15)33-30(38)19-9-8-18-20(27(19)31(33)39)12-21-28(24(36)13-22(32)29(21)37)26(18)16-5-10-25(40-2)23(35)11-16/h3-8,10-11,13,19-20,26-27,35H,9,12H2,1-2H3/t19-,20+,26-,27-/m0/s1. The number of ketones is 3. The van der Waals surface area contributed by atoms with Crippen molar-refractivity contribution in [1.29, 1.82) is 0 Å². The van der Waals surface area contributed by atoms with Crippen molar-refractivity contribution in [3.05, 3.63) is 86.9 Å². The molecule has 9 heteroatoms. The lowest BCUT2D eigenvalue weighted by atomic mass is 9.59. The second-order valence-corrected chi connectivity index (χ2v) is 11.3. The quantitative estimate of drug-likeness (QED) is 0.236. The van der Waals surface area contributed by atoms with Crippen LogP contribution < -0.4 is 9.64 Å². The van der Waals surface area contributed by atoms with E-state index in [2.05, 4.69) is 15.9 Å². The molecular weight excluding hydrogens is 578 g/mol. The molecule has 1 aliphatic heterocycles. The summed E-state index contributed by atoms with van der Waals surface area (Å²) in [4.78, 5) is 67.1. The van der Waals surface area contributed by atoms with Crippen LogP contribution in [-0.2, 0) is 19.2 Å². The monoisotopic (exact) mass is 601 g/mol. The molecule has 0 spiro atoms. The number of allylic oxidation sites excluding steroid dienone is 6. The average Bonchev–Trinajstić information content (AvgIpc) is 3.20. The maximum absolute atomic E-state index is 13.9. The number of anilines is 1. The van der Waals surface area contributed by atoms with E-state index in [0.29, 0.717) is 34.4 Å². The minimum absolute atomic E-state index is 0.114. The number of ether oxygens (including phenoxy) is 1. The van der Waals surface area contributed by atoms with Gasteiger partial charge in [0.15, 0.2) is 28.8 Å². The Labute approximate surface area is 238 Å². The summed E-state index contributed by atoms with van der Waals surface area (Å²) in [5.41, 5.74) is 2.87. The van der Waals surface area contributed by atoms with Crippen molar-refractivity contribution in [1.82, 2.24) is 0 Å². The lowest BCUT2D eigenvalue weighted by molar-refractivity contribution is -0.123. The fraction of sp³-hybridized carbons (Fsp3) is 0.258. The number of hydrogen-bond acceptors (Lipinski definition) is 7. The number of imide groups is 1. The molecule has 202 valence electrons. The van der Waals surface area contributed by atoms with Gasteiger partial charge in [-0.1, -0.05) is 17.7 Å². The van der Waals surface area contributed by atoms with E-state index in [1.807, 2.05) is 6.08 Å². The van der Waals surface area contributed by atoms with E-state index in [1.165, 1.54) is 31.1 Å². The van der Waals surface area contributed by atoms with Crippen molar-refractivity contribution in [2.75, 3.05) is 12.0 Å². The molecule has 2 aromatic carbocycles. The number of rotatable bonds is 4. The van der Waals surface area contributed by atoms with Crippen molar-refractivity contribution in [2.24, 2.45) is 17.8 Å². The molecule has 8 nitrogen and oxygen atoms in total. The van der Waals surface area contributed by atoms with Gasteiger partial charge < -0.3 is 9.84 Å². The maximum Gasteiger partial charge on any atom is 0.238 e. The van der Waals surface area contributed by atoms with Gasteiger partial charge in [-0.05, 0) is 83.6 Å². The first-order valence-corrected chi connectivity index (χ1v) is 13.7. The van der Waals surface area contributed by atoms with Crippen LogP contribution in [0.1, 0.15) is 41.6 Å². The average molecular weight is 602 g/mol.